The van der Waals surface area contributed by atoms with Crippen LogP contribution in [0.25, 0.3) is 21.9 Å². The zero-order valence-electron chi connectivity index (χ0n) is 18.8. The first kappa shape index (κ1) is 24.7. The second-order valence-electron chi connectivity index (χ2n) is 7.34. The molecular formula is C22H18O13S. The van der Waals surface area contributed by atoms with Crippen molar-refractivity contribution < 1.29 is 60.0 Å². The number of aryl methyl sites for hydroxylation is 1. The van der Waals surface area contributed by atoms with E-state index in [-0.39, 0.29) is 61.8 Å². The summed E-state index contributed by atoms with van der Waals surface area (Å²) in [4.78, 5) is 23.7. The molecule has 0 unspecified atom stereocenters. The molecule has 0 atom stereocenters. The summed E-state index contributed by atoms with van der Waals surface area (Å²) < 4.78 is 63.0. The Hall–Kier alpha value is -4.43. The van der Waals surface area contributed by atoms with Crippen LogP contribution in [0.1, 0.15) is 32.2 Å². The van der Waals surface area contributed by atoms with E-state index in [0.717, 1.165) is 6.07 Å². The molecule has 0 spiro atoms. The topological polar surface area (TPSA) is 192 Å². The molecule has 190 valence electrons. The Morgan fingerprint density at radius 3 is 1.92 bits per heavy atom. The number of carboxylic acids is 2. The highest BCUT2D eigenvalue weighted by Crippen LogP contribution is 2.39. The van der Waals surface area contributed by atoms with Crippen LogP contribution in [0.4, 0.5) is 0 Å². The molecule has 2 aromatic carbocycles. The second-order valence-corrected chi connectivity index (χ2v) is 8.36. The Bertz CT molecular complexity index is 1630. The van der Waals surface area contributed by atoms with Crippen LogP contribution in [0.3, 0.4) is 0 Å². The van der Waals surface area contributed by atoms with Crippen molar-refractivity contribution >= 4 is 44.3 Å². The molecule has 0 radical (unpaired) electrons. The van der Waals surface area contributed by atoms with Crippen LogP contribution in [-0.4, -0.2) is 49.3 Å². The van der Waals surface area contributed by atoms with E-state index in [1.54, 1.807) is 0 Å². The van der Waals surface area contributed by atoms with E-state index < -0.39 is 34.7 Å². The first-order chi connectivity index (χ1) is 16.9. The Morgan fingerprint density at radius 1 is 0.833 bits per heavy atom. The fourth-order valence-corrected chi connectivity index (χ4v) is 4.09. The molecule has 2 heterocycles. The molecule has 0 aliphatic carbocycles. The van der Waals surface area contributed by atoms with Gasteiger partial charge in [-0.05, 0) is 19.1 Å². The summed E-state index contributed by atoms with van der Waals surface area (Å²) in [7, 11) is -2.37. The Labute approximate surface area is 202 Å². The lowest BCUT2D eigenvalue weighted by Crippen LogP contribution is -2.08. The summed E-state index contributed by atoms with van der Waals surface area (Å²) in [5.74, 6) is -2.95. The first-order valence-corrected chi connectivity index (χ1v) is 11.3. The number of ether oxygens (including phenoxy) is 3. The molecule has 4 aromatic rings. The van der Waals surface area contributed by atoms with Crippen molar-refractivity contribution in [3.05, 3.63) is 46.9 Å². The molecule has 0 amide bonds. The van der Waals surface area contributed by atoms with Crippen LogP contribution >= 0.6 is 0 Å². The lowest BCUT2D eigenvalue weighted by Gasteiger charge is -2.10. The van der Waals surface area contributed by atoms with Crippen LogP contribution in [0, 0.1) is 6.92 Å². The van der Waals surface area contributed by atoms with E-state index in [2.05, 4.69) is 4.18 Å². The van der Waals surface area contributed by atoms with Gasteiger partial charge in [-0.15, -0.1) is 0 Å². The van der Waals surface area contributed by atoms with Crippen molar-refractivity contribution in [2.75, 3.05) is 14.2 Å². The average molecular weight is 522 g/mol. The Morgan fingerprint density at radius 2 is 1.36 bits per heavy atom. The lowest BCUT2D eigenvalue weighted by molar-refractivity contribution is 0.0683. The zero-order valence-corrected chi connectivity index (χ0v) is 19.7. The molecule has 36 heavy (non-hydrogen) atoms. The van der Waals surface area contributed by atoms with Gasteiger partial charge in [-0.1, -0.05) is 0 Å². The number of carboxylic acid groups (broad SMARTS) is 2. The van der Waals surface area contributed by atoms with E-state index in [9.17, 15) is 28.2 Å². The molecule has 0 fully saturated rings. The largest absolute Gasteiger partial charge is 0.493 e. The van der Waals surface area contributed by atoms with Crippen molar-refractivity contribution in [3.63, 3.8) is 0 Å². The van der Waals surface area contributed by atoms with Crippen LogP contribution in [0.5, 0.6) is 23.0 Å². The quantitative estimate of drug-likeness (QED) is 0.270. The SMILES string of the molecule is COc1cc2oc(C)c(C(=O)O)c2cc1OCc1oc2cc(OC)c(OS(=O)(=O)O)cc2c1C(=O)O. The molecule has 0 aliphatic rings. The molecule has 0 saturated heterocycles. The van der Waals surface area contributed by atoms with Gasteiger partial charge >= 0.3 is 22.3 Å². The maximum Gasteiger partial charge on any atom is 0.446 e. The number of carbonyl (C=O) groups is 2. The van der Waals surface area contributed by atoms with Gasteiger partial charge in [-0.25, -0.2) is 9.59 Å². The lowest BCUT2D eigenvalue weighted by atomic mass is 10.1. The number of furan rings is 2. The number of aromatic carboxylic acids is 2. The van der Waals surface area contributed by atoms with Crippen LogP contribution < -0.4 is 18.4 Å². The molecule has 0 bridgehead atoms. The molecule has 0 aliphatic heterocycles. The summed E-state index contributed by atoms with van der Waals surface area (Å²) in [5.41, 5.74) is -0.168. The monoisotopic (exact) mass is 522 g/mol. The fourth-order valence-electron chi connectivity index (χ4n) is 3.74. The van der Waals surface area contributed by atoms with Crippen molar-refractivity contribution in [3.8, 4) is 23.0 Å². The molecule has 0 saturated carbocycles. The summed E-state index contributed by atoms with van der Waals surface area (Å²) in [6, 6.07) is 5.03. The molecular weight excluding hydrogens is 504 g/mol. The van der Waals surface area contributed by atoms with Crippen molar-refractivity contribution in [1.82, 2.24) is 0 Å². The highest BCUT2D eigenvalue weighted by molar-refractivity contribution is 7.81. The number of methoxy groups -OCH3 is 2. The maximum atomic E-state index is 12.0. The predicted octanol–water partition coefficient (Wildman–Crippen LogP) is 3.66. The molecule has 14 heteroatoms. The van der Waals surface area contributed by atoms with Gasteiger partial charge in [0.2, 0.25) is 0 Å². The molecule has 4 rings (SSSR count). The van der Waals surface area contributed by atoms with Gasteiger partial charge in [0.15, 0.2) is 28.8 Å². The standard InChI is InChI=1S/C22H18O13S/c1-9-19(21(23)24)10-4-16(14(30-2)6-12(10)33-9)32-8-18-20(22(25)26)11-5-17(35-36(27,28)29)15(31-3)7-13(11)34-18/h4-7H,8H2,1-3H3,(H,23,24)(H,25,26)(H,27,28,29). The van der Waals surface area contributed by atoms with E-state index in [0.29, 0.717) is 0 Å². The van der Waals surface area contributed by atoms with Gasteiger partial charge in [0.1, 0.15) is 34.7 Å². The minimum absolute atomic E-state index is 0.00609. The molecule has 2 aromatic heterocycles. The van der Waals surface area contributed by atoms with Crippen molar-refractivity contribution in [1.29, 1.82) is 0 Å². The minimum atomic E-state index is -4.93. The summed E-state index contributed by atoms with van der Waals surface area (Å²) in [5, 5.41) is 19.5. The van der Waals surface area contributed by atoms with Gasteiger partial charge in [-0.2, -0.15) is 8.42 Å². The second kappa shape index (κ2) is 8.98. The van der Waals surface area contributed by atoms with Gasteiger partial charge in [0, 0.05) is 22.9 Å². The van der Waals surface area contributed by atoms with Crippen LogP contribution in [-0.2, 0) is 17.0 Å². The molecule has 3 N–H and O–H groups in total. The van der Waals surface area contributed by atoms with Gasteiger partial charge in [0.05, 0.1) is 14.2 Å². The summed E-state index contributed by atoms with van der Waals surface area (Å²) in [6.45, 7) is 1.06. The minimum Gasteiger partial charge on any atom is -0.493 e. The van der Waals surface area contributed by atoms with Gasteiger partial charge in [-0.3, -0.25) is 4.55 Å². The van der Waals surface area contributed by atoms with Gasteiger partial charge < -0.3 is 37.4 Å². The summed E-state index contributed by atoms with van der Waals surface area (Å²) in [6.07, 6.45) is 0. The average Bonchev–Trinajstić information content (AvgIpc) is 3.30. The number of benzene rings is 2. The third-order valence-electron chi connectivity index (χ3n) is 5.18. The van der Waals surface area contributed by atoms with Gasteiger partial charge in [0.25, 0.3) is 0 Å². The number of hydrogen-bond donors (Lipinski definition) is 3. The predicted molar refractivity (Wildman–Crippen MR) is 121 cm³/mol. The smallest absolute Gasteiger partial charge is 0.446 e. The fraction of sp³-hybridized carbons (Fsp3) is 0.182. The first-order valence-electron chi connectivity index (χ1n) is 9.94. The van der Waals surface area contributed by atoms with E-state index in [1.807, 2.05) is 0 Å². The highest BCUT2D eigenvalue weighted by atomic mass is 32.3. The van der Waals surface area contributed by atoms with Crippen molar-refractivity contribution in [2.45, 2.75) is 13.5 Å². The van der Waals surface area contributed by atoms with Crippen molar-refractivity contribution in [2.24, 2.45) is 0 Å². The van der Waals surface area contributed by atoms with Crippen LogP contribution in [0.15, 0.2) is 33.1 Å². The Kier molecular flexibility index (Phi) is 6.16. The maximum absolute atomic E-state index is 12.0. The summed E-state index contributed by atoms with van der Waals surface area (Å²) >= 11 is 0. The van der Waals surface area contributed by atoms with E-state index >= 15 is 0 Å². The third kappa shape index (κ3) is 4.46. The highest BCUT2D eigenvalue weighted by Gasteiger charge is 2.26. The Balaban J connectivity index is 1.78. The number of fused-ring (bicyclic) bond motifs is 2. The number of hydrogen-bond acceptors (Lipinski definition) is 10. The van der Waals surface area contributed by atoms with E-state index in [1.165, 1.54) is 39.3 Å². The van der Waals surface area contributed by atoms with E-state index in [4.69, 9.17) is 27.6 Å². The van der Waals surface area contributed by atoms with Crippen LogP contribution in [0.2, 0.25) is 0 Å². The third-order valence-corrected chi connectivity index (χ3v) is 5.57. The number of rotatable bonds is 9. The zero-order chi connectivity index (χ0) is 26.4. The molecule has 13 nitrogen and oxygen atoms in total. The normalized spacial score (nSPS) is 11.6.